The van der Waals surface area contributed by atoms with Crippen LogP contribution in [0.4, 0.5) is 0 Å². The topological polar surface area (TPSA) is 79.5 Å². The lowest BCUT2D eigenvalue weighted by Gasteiger charge is -2.08. The van der Waals surface area contributed by atoms with Crippen LogP contribution in [0.5, 0.6) is 17.2 Å². The standard InChI is InChI=1S/C22H21N3O4S2/c1-14-4-7-17(8-5-14)28-11-20-24-25-22(29-20)31-13-16-12-30-21(23-16)15-6-9-18(26-2)19(10-15)27-3/h4-10,12H,11,13H2,1-3H3. The van der Waals surface area contributed by atoms with Crippen LogP contribution in [0.2, 0.25) is 0 Å². The maximum absolute atomic E-state index is 5.68. The van der Waals surface area contributed by atoms with Crippen molar-refractivity contribution < 1.29 is 18.6 Å². The summed E-state index contributed by atoms with van der Waals surface area (Å²) in [6, 6.07) is 13.6. The molecule has 0 amide bonds. The van der Waals surface area contributed by atoms with Crippen LogP contribution in [-0.2, 0) is 12.4 Å². The predicted octanol–water partition coefficient (Wildman–Crippen LogP) is 5.39. The summed E-state index contributed by atoms with van der Waals surface area (Å²) in [6.45, 7) is 2.27. The Hall–Kier alpha value is -3.04. The van der Waals surface area contributed by atoms with Gasteiger partial charge in [-0.25, -0.2) is 4.98 Å². The molecular weight excluding hydrogens is 434 g/mol. The van der Waals surface area contributed by atoms with Gasteiger partial charge in [-0.05, 0) is 37.3 Å². The van der Waals surface area contributed by atoms with E-state index >= 15 is 0 Å². The van der Waals surface area contributed by atoms with Gasteiger partial charge in [0.25, 0.3) is 11.1 Å². The molecular formula is C22H21N3O4S2. The van der Waals surface area contributed by atoms with E-state index in [9.17, 15) is 0 Å². The van der Waals surface area contributed by atoms with Crippen LogP contribution in [0.1, 0.15) is 17.1 Å². The Bertz CT molecular complexity index is 1140. The van der Waals surface area contributed by atoms with E-state index in [-0.39, 0.29) is 6.61 Å². The van der Waals surface area contributed by atoms with Gasteiger partial charge in [0.1, 0.15) is 10.8 Å². The van der Waals surface area contributed by atoms with Crippen LogP contribution >= 0.6 is 23.1 Å². The van der Waals surface area contributed by atoms with E-state index in [0.29, 0.717) is 28.4 Å². The molecule has 0 bridgehead atoms. The molecule has 0 aliphatic rings. The van der Waals surface area contributed by atoms with E-state index < -0.39 is 0 Å². The number of rotatable bonds is 9. The highest BCUT2D eigenvalue weighted by atomic mass is 32.2. The largest absolute Gasteiger partial charge is 0.493 e. The fraction of sp³-hybridized carbons (Fsp3) is 0.227. The lowest BCUT2D eigenvalue weighted by molar-refractivity contribution is 0.252. The summed E-state index contributed by atoms with van der Waals surface area (Å²) in [5.74, 6) is 3.20. The van der Waals surface area contributed by atoms with Crippen LogP contribution in [0, 0.1) is 6.92 Å². The molecule has 0 radical (unpaired) electrons. The van der Waals surface area contributed by atoms with E-state index in [1.165, 1.54) is 17.3 Å². The average Bonchev–Trinajstić information content (AvgIpc) is 3.46. The van der Waals surface area contributed by atoms with Crippen molar-refractivity contribution in [1.82, 2.24) is 15.2 Å². The van der Waals surface area contributed by atoms with Crippen molar-refractivity contribution in [1.29, 1.82) is 0 Å². The molecule has 4 aromatic rings. The molecule has 0 saturated carbocycles. The molecule has 0 fully saturated rings. The first-order valence-electron chi connectivity index (χ1n) is 9.46. The zero-order valence-electron chi connectivity index (χ0n) is 17.3. The Morgan fingerprint density at radius 1 is 1.00 bits per heavy atom. The molecule has 160 valence electrons. The minimum atomic E-state index is 0.233. The van der Waals surface area contributed by atoms with Crippen molar-refractivity contribution in [2.24, 2.45) is 0 Å². The molecule has 2 heterocycles. The van der Waals surface area contributed by atoms with E-state index in [2.05, 4.69) is 10.2 Å². The van der Waals surface area contributed by atoms with E-state index in [1.807, 2.05) is 54.8 Å². The maximum Gasteiger partial charge on any atom is 0.277 e. The SMILES string of the molecule is COc1ccc(-c2nc(CSc3nnc(COc4ccc(C)cc4)o3)cs2)cc1OC. The zero-order chi connectivity index (χ0) is 21.6. The van der Waals surface area contributed by atoms with Crippen LogP contribution in [-0.4, -0.2) is 29.4 Å². The third kappa shape index (κ3) is 5.36. The number of aromatic nitrogens is 3. The van der Waals surface area contributed by atoms with E-state index in [4.69, 9.17) is 23.6 Å². The summed E-state index contributed by atoms with van der Waals surface area (Å²) in [6.07, 6.45) is 0. The normalized spacial score (nSPS) is 10.8. The Labute approximate surface area is 188 Å². The van der Waals surface area contributed by atoms with Crippen molar-refractivity contribution in [3.63, 3.8) is 0 Å². The molecule has 2 aromatic heterocycles. The van der Waals surface area contributed by atoms with Crippen molar-refractivity contribution in [2.75, 3.05) is 14.2 Å². The molecule has 0 atom stereocenters. The Morgan fingerprint density at radius 3 is 2.58 bits per heavy atom. The molecule has 0 unspecified atom stereocenters. The highest BCUT2D eigenvalue weighted by Gasteiger charge is 2.12. The number of methoxy groups -OCH3 is 2. The number of thioether (sulfide) groups is 1. The number of hydrogen-bond acceptors (Lipinski definition) is 9. The van der Waals surface area contributed by atoms with Gasteiger partial charge in [-0.3, -0.25) is 0 Å². The molecule has 4 rings (SSSR count). The van der Waals surface area contributed by atoms with Gasteiger partial charge in [0.05, 0.1) is 19.9 Å². The lowest BCUT2D eigenvalue weighted by Crippen LogP contribution is -1.95. The number of benzene rings is 2. The molecule has 31 heavy (non-hydrogen) atoms. The first-order chi connectivity index (χ1) is 15.1. The second-order valence-corrected chi connectivity index (χ2v) is 8.35. The highest BCUT2D eigenvalue weighted by Crippen LogP contribution is 2.34. The molecule has 2 aromatic carbocycles. The summed E-state index contributed by atoms with van der Waals surface area (Å²) in [7, 11) is 3.24. The van der Waals surface area contributed by atoms with Crippen LogP contribution in [0.3, 0.4) is 0 Å². The quantitative estimate of drug-likeness (QED) is 0.311. The smallest absolute Gasteiger partial charge is 0.277 e. The monoisotopic (exact) mass is 455 g/mol. The molecule has 7 nitrogen and oxygen atoms in total. The van der Waals surface area contributed by atoms with Gasteiger partial charge >= 0.3 is 0 Å². The minimum Gasteiger partial charge on any atom is -0.493 e. The second-order valence-electron chi connectivity index (χ2n) is 6.57. The van der Waals surface area contributed by atoms with Crippen molar-refractivity contribution in [3.8, 4) is 27.8 Å². The molecule has 0 spiro atoms. The molecule has 0 aliphatic heterocycles. The molecule has 0 N–H and O–H groups in total. The van der Waals surface area contributed by atoms with Gasteiger partial charge in [0, 0.05) is 16.7 Å². The van der Waals surface area contributed by atoms with Gasteiger partial charge in [-0.15, -0.1) is 21.5 Å². The predicted molar refractivity (Wildman–Crippen MR) is 120 cm³/mol. The number of aryl methyl sites for hydroxylation is 1. The number of thiazole rings is 1. The number of ether oxygens (including phenoxy) is 3. The zero-order valence-corrected chi connectivity index (χ0v) is 19.0. The summed E-state index contributed by atoms with van der Waals surface area (Å²) in [5, 5.41) is 11.5. The van der Waals surface area contributed by atoms with Gasteiger partial charge in [-0.1, -0.05) is 29.5 Å². The third-order valence-electron chi connectivity index (χ3n) is 4.36. The average molecular weight is 456 g/mol. The number of nitrogens with zero attached hydrogens (tertiary/aromatic N) is 3. The number of hydrogen-bond donors (Lipinski definition) is 0. The van der Waals surface area contributed by atoms with E-state index in [1.54, 1.807) is 25.6 Å². The van der Waals surface area contributed by atoms with Crippen molar-refractivity contribution in [3.05, 3.63) is 65.0 Å². The summed E-state index contributed by atoms with van der Waals surface area (Å²) < 4.78 is 22.0. The third-order valence-corrected chi connectivity index (χ3v) is 6.15. The Balaban J connectivity index is 1.33. The molecule has 9 heteroatoms. The molecule has 0 saturated heterocycles. The van der Waals surface area contributed by atoms with Gasteiger partial charge in [0.15, 0.2) is 18.1 Å². The minimum absolute atomic E-state index is 0.233. The summed E-state index contributed by atoms with van der Waals surface area (Å²) in [4.78, 5) is 4.70. The fourth-order valence-corrected chi connectivity index (χ4v) is 4.34. The van der Waals surface area contributed by atoms with E-state index in [0.717, 1.165) is 22.0 Å². The first kappa shape index (κ1) is 21.2. The van der Waals surface area contributed by atoms with Crippen LogP contribution in [0.25, 0.3) is 10.6 Å². The lowest BCUT2D eigenvalue weighted by atomic mass is 10.2. The van der Waals surface area contributed by atoms with Gasteiger partial charge in [-0.2, -0.15) is 0 Å². The summed E-state index contributed by atoms with van der Waals surface area (Å²) >= 11 is 3.02. The fourth-order valence-electron chi connectivity index (χ4n) is 2.75. The Morgan fingerprint density at radius 2 is 1.81 bits per heavy atom. The van der Waals surface area contributed by atoms with Crippen LogP contribution in [0.15, 0.2) is 57.5 Å². The van der Waals surface area contributed by atoms with Gasteiger partial charge < -0.3 is 18.6 Å². The Kier molecular flexibility index (Phi) is 6.73. The second kappa shape index (κ2) is 9.84. The van der Waals surface area contributed by atoms with Crippen molar-refractivity contribution >= 4 is 23.1 Å². The summed E-state index contributed by atoms with van der Waals surface area (Å²) in [5.41, 5.74) is 3.10. The molecule has 0 aliphatic carbocycles. The highest BCUT2D eigenvalue weighted by molar-refractivity contribution is 7.98. The van der Waals surface area contributed by atoms with Gasteiger partial charge in [0.2, 0.25) is 0 Å². The van der Waals surface area contributed by atoms with Crippen LogP contribution < -0.4 is 14.2 Å². The maximum atomic E-state index is 5.68. The van der Waals surface area contributed by atoms with Crippen molar-refractivity contribution in [2.45, 2.75) is 24.5 Å². The first-order valence-corrected chi connectivity index (χ1v) is 11.3.